The van der Waals surface area contributed by atoms with Gasteiger partial charge in [0, 0.05) is 11.8 Å². The minimum Gasteiger partial charge on any atom is -0.353 e. The molecule has 0 radical (unpaired) electrons. The quantitative estimate of drug-likeness (QED) is 0.827. The van der Waals surface area contributed by atoms with Crippen molar-refractivity contribution in [3.63, 3.8) is 0 Å². The van der Waals surface area contributed by atoms with Gasteiger partial charge in [0.1, 0.15) is 17.5 Å². The van der Waals surface area contributed by atoms with Crippen LogP contribution in [0.25, 0.3) is 0 Å². The Morgan fingerprint density at radius 2 is 1.41 bits per heavy atom. The highest BCUT2D eigenvalue weighted by Gasteiger charge is 2.06. The van der Waals surface area contributed by atoms with E-state index in [1.165, 1.54) is 24.3 Å². The fourth-order valence-electron chi connectivity index (χ4n) is 1.50. The van der Waals surface area contributed by atoms with Crippen LogP contribution in [0, 0.1) is 24.4 Å². The number of nitrogens with one attached hydrogen (secondary N) is 1. The van der Waals surface area contributed by atoms with Crippen molar-refractivity contribution in [3.8, 4) is 0 Å². The van der Waals surface area contributed by atoms with Crippen molar-refractivity contribution in [2.45, 2.75) is 6.92 Å². The number of hydrogen-bond acceptors (Lipinski definition) is 1. The van der Waals surface area contributed by atoms with Crippen molar-refractivity contribution in [3.05, 3.63) is 59.4 Å². The van der Waals surface area contributed by atoms with Gasteiger partial charge in [0.2, 0.25) is 0 Å². The molecule has 0 saturated carbocycles. The van der Waals surface area contributed by atoms with Gasteiger partial charge in [0.25, 0.3) is 0 Å². The number of anilines is 2. The van der Waals surface area contributed by atoms with Gasteiger partial charge in [0.05, 0.1) is 5.69 Å². The zero-order valence-corrected chi connectivity index (χ0v) is 9.10. The normalized spacial score (nSPS) is 10.4. The molecule has 17 heavy (non-hydrogen) atoms. The van der Waals surface area contributed by atoms with Crippen LogP contribution in [0.2, 0.25) is 0 Å². The standard InChI is InChI=1S/C13H10F3N/c1-8-6-9(14)2-4-12(8)17-13-5-3-10(15)7-11(13)16/h2-7,17H,1H3. The SMILES string of the molecule is Cc1cc(F)ccc1Nc1ccc(F)cc1F. The Morgan fingerprint density at radius 1 is 0.824 bits per heavy atom. The van der Waals surface area contributed by atoms with Gasteiger partial charge >= 0.3 is 0 Å². The highest BCUT2D eigenvalue weighted by atomic mass is 19.1. The number of rotatable bonds is 2. The topological polar surface area (TPSA) is 12.0 Å². The third-order valence-corrected chi connectivity index (χ3v) is 2.39. The first kappa shape index (κ1) is 11.5. The molecule has 2 aromatic rings. The second-order valence-corrected chi connectivity index (χ2v) is 3.71. The van der Waals surface area contributed by atoms with E-state index in [1.807, 2.05) is 0 Å². The van der Waals surface area contributed by atoms with E-state index >= 15 is 0 Å². The zero-order valence-electron chi connectivity index (χ0n) is 9.10. The van der Waals surface area contributed by atoms with Gasteiger partial charge in [-0.25, -0.2) is 13.2 Å². The summed E-state index contributed by atoms with van der Waals surface area (Å²) in [6.07, 6.45) is 0. The van der Waals surface area contributed by atoms with E-state index in [2.05, 4.69) is 5.32 Å². The van der Waals surface area contributed by atoms with E-state index in [9.17, 15) is 13.2 Å². The van der Waals surface area contributed by atoms with E-state index in [0.29, 0.717) is 11.3 Å². The molecule has 0 bridgehead atoms. The Balaban J connectivity index is 2.31. The van der Waals surface area contributed by atoms with Gasteiger partial charge in [0.15, 0.2) is 0 Å². The smallest absolute Gasteiger partial charge is 0.149 e. The summed E-state index contributed by atoms with van der Waals surface area (Å²) in [4.78, 5) is 0. The number of benzene rings is 2. The van der Waals surface area contributed by atoms with E-state index in [0.717, 1.165) is 12.1 Å². The van der Waals surface area contributed by atoms with Crippen LogP contribution in [0.4, 0.5) is 24.5 Å². The molecule has 0 amide bonds. The van der Waals surface area contributed by atoms with Crippen molar-refractivity contribution in [1.29, 1.82) is 0 Å². The Bertz CT molecular complexity index is 503. The first-order valence-corrected chi connectivity index (χ1v) is 5.04. The number of hydrogen-bond donors (Lipinski definition) is 1. The molecule has 0 heterocycles. The summed E-state index contributed by atoms with van der Waals surface area (Å²) >= 11 is 0. The summed E-state index contributed by atoms with van der Waals surface area (Å²) in [5.74, 6) is -1.68. The fourth-order valence-corrected chi connectivity index (χ4v) is 1.50. The number of aryl methyl sites for hydroxylation is 1. The molecule has 0 aliphatic rings. The molecule has 0 spiro atoms. The Kier molecular flexibility index (Phi) is 3.04. The monoisotopic (exact) mass is 237 g/mol. The third kappa shape index (κ3) is 2.58. The molecule has 0 atom stereocenters. The predicted octanol–water partition coefficient (Wildman–Crippen LogP) is 4.16. The molecular formula is C13H10F3N. The third-order valence-electron chi connectivity index (χ3n) is 2.39. The molecule has 2 rings (SSSR count). The van der Waals surface area contributed by atoms with Crippen molar-refractivity contribution < 1.29 is 13.2 Å². The van der Waals surface area contributed by atoms with Gasteiger partial charge in [-0.15, -0.1) is 0 Å². The van der Waals surface area contributed by atoms with Gasteiger partial charge in [-0.2, -0.15) is 0 Å². The van der Waals surface area contributed by atoms with E-state index in [-0.39, 0.29) is 11.5 Å². The lowest BCUT2D eigenvalue weighted by Crippen LogP contribution is -1.96. The van der Waals surface area contributed by atoms with Crippen LogP contribution in [0.3, 0.4) is 0 Å². The lowest BCUT2D eigenvalue weighted by atomic mass is 10.2. The molecule has 0 aliphatic carbocycles. The lowest BCUT2D eigenvalue weighted by molar-refractivity contribution is 0.586. The number of halogens is 3. The molecule has 0 saturated heterocycles. The summed E-state index contributed by atoms with van der Waals surface area (Å²) in [5.41, 5.74) is 1.38. The predicted molar refractivity (Wildman–Crippen MR) is 60.8 cm³/mol. The largest absolute Gasteiger partial charge is 0.353 e. The Labute approximate surface area is 96.9 Å². The van der Waals surface area contributed by atoms with Gasteiger partial charge in [-0.1, -0.05) is 0 Å². The van der Waals surface area contributed by atoms with Crippen LogP contribution >= 0.6 is 0 Å². The average Bonchev–Trinajstić information content (AvgIpc) is 2.25. The second-order valence-electron chi connectivity index (χ2n) is 3.71. The average molecular weight is 237 g/mol. The van der Waals surface area contributed by atoms with E-state index in [1.54, 1.807) is 6.92 Å². The molecule has 4 heteroatoms. The van der Waals surface area contributed by atoms with Crippen LogP contribution in [0.15, 0.2) is 36.4 Å². The summed E-state index contributed by atoms with van der Waals surface area (Å²) in [6, 6.07) is 7.37. The lowest BCUT2D eigenvalue weighted by Gasteiger charge is -2.10. The van der Waals surface area contributed by atoms with Crippen LogP contribution in [-0.4, -0.2) is 0 Å². The molecule has 0 fully saturated rings. The maximum atomic E-state index is 13.4. The maximum absolute atomic E-state index is 13.4. The van der Waals surface area contributed by atoms with Crippen LogP contribution < -0.4 is 5.32 Å². The minimum atomic E-state index is -0.686. The zero-order chi connectivity index (χ0) is 12.4. The van der Waals surface area contributed by atoms with Crippen LogP contribution in [0.5, 0.6) is 0 Å². The van der Waals surface area contributed by atoms with E-state index in [4.69, 9.17) is 0 Å². The molecule has 1 nitrogen and oxygen atoms in total. The molecule has 0 aliphatic heterocycles. The second kappa shape index (κ2) is 4.49. The van der Waals surface area contributed by atoms with Crippen LogP contribution in [0.1, 0.15) is 5.56 Å². The first-order chi connectivity index (χ1) is 8.06. The summed E-state index contributed by atoms with van der Waals surface area (Å²) in [5, 5.41) is 2.79. The van der Waals surface area contributed by atoms with Gasteiger partial charge in [-0.3, -0.25) is 0 Å². The molecule has 0 aromatic heterocycles. The molecule has 2 aromatic carbocycles. The van der Waals surface area contributed by atoms with Crippen molar-refractivity contribution in [2.24, 2.45) is 0 Å². The van der Waals surface area contributed by atoms with Crippen molar-refractivity contribution >= 4 is 11.4 Å². The van der Waals surface area contributed by atoms with Crippen molar-refractivity contribution in [1.82, 2.24) is 0 Å². The molecule has 1 N–H and O–H groups in total. The van der Waals surface area contributed by atoms with Gasteiger partial charge in [-0.05, 0) is 42.8 Å². The highest BCUT2D eigenvalue weighted by molar-refractivity contribution is 5.63. The van der Waals surface area contributed by atoms with Gasteiger partial charge < -0.3 is 5.32 Å². The molecule has 88 valence electrons. The van der Waals surface area contributed by atoms with Crippen molar-refractivity contribution in [2.75, 3.05) is 5.32 Å². The maximum Gasteiger partial charge on any atom is 0.149 e. The Hall–Kier alpha value is -1.97. The fraction of sp³-hybridized carbons (Fsp3) is 0.0769. The summed E-state index contributed by atoms with van der Waals surface area (Å²) in [6.45, 7) is 1.70. The molecule has 0 unspecified atom stereocenters. The highest BCUT2D eigenvalue weighted by Crippen LogP contribution is 2.23. The van der Waals surface area contributed by atoms with Crippen LogP contribution in [-0.2, 0) is 0 Å². The van der Waals surface area contributed by atoms with E-state index < -0.39 is 11.6 Å². The Morgan fingerprint density at radius 3 is 2.00 bits per heavy atom. The molecular weight excluding hydrogens is 227 g/mol. The minimum absolute atomic E-state index is 0.154. The first-order valence-electron chi connectivity index (χ1n) is 5.04. The summed E-state index contributed by atoms with van der Waals surface area (Å²) in [7, 11) is 0. The summed E-state index contributed by atoms with van der Waals surface area (Å²) < 4.78 is 38.9.